The van der Waals surface area contributed by atoms with Crippen LogP contribution in [0.1, 0.15) is 48.7 Å². The second-order valence-electron chi connectivity index (χ2n) is 8.33. The minimum atomic E-state index is -3.75. The summed E-state index contributed by atoms with van der Waals surface area (Å²) in [5.74, 6) is -0.689. The van der Waals surface area contributed by atoms with Gasteiger partial charge in [-0.2, -0.15) is 4.31 Å². The van der Waals surface area contributed by atoms with Gasteiger partial charge in [0.25, 0.3) is 0 Å². The quantitative estimate of drug-likeness (QED) is 0.594. The molecule has 1 heterocycles. The average Bonchev–Trinajstić information content (AvgIpc) is 2.78. The summed E-state index contributed by atoms with van der Waals surface area (Å²) < 4.78 is 50.5. The molecule has 33 heavy (non-hydrogen) atoms. The number of benzene rings is 2. The fourth-order valence-electron chi connectivity index (χ4n) is 3.80. The summed E-state index contributed by atoms with van der Waals surface area (Å²) in [6.07, 6.45) is 1.91. The second-order valence-corrected chi connectivity index (χ2v) is 12.3. The van der Waals surface area contributed by atoms with Gasteiger partial charge < -0.3 is 5.32 Å². The number of carbonyl (C=O) groups is 2. The Morgan fingerprint density at radius 1 is 0.970 bits per heavy atom. The van der Waals surface area contributed by atoms with Gasteiger partial charge in [0, 0.05) is 30.8 Å². The first-order valence-electron chi connectivity index (χ1n) is 10.6. The highest BCUT2D eigenvalue weighted by molar-refractivity contribution is 7.90. The Morgan fingerprint density at radius 2 is 1.58 bits per heavy atom. The maximum atomic E-state index is 13.0. The van der Waals surface area contributed by atoms with Crippen molar-refractivity contribution in [2.24, 2.45) is 5.92 Å². The van der Waals surface area contributed by atoms with Crippen molar-refractivity contribution in [1.82, 2.24) is 9.62 Å². The lowest BCUT2D eigenvalue weighted by Crippen LogP contribution is -2.43. The Kier molecular flexibility index (Phi) is 7.40. The van der Waals surface area contributed by atoms with Gasteiger partial charge in [-0.05, 0) is 56.5 Å². The van der Waals surface area contributed by atoms with Gasteiger partial charge in [0.05, 0.1) is 15.8 Å². The van der Waals surface area contributed by atoms with Crippen molar-refractivity contribution >= 4 is 31.6 Å². The van der Waals surface area contributed by atoms with Crippen LogP contribution in [0.25, 0.3) is 0 Å². The van der Waals surface area contributed by atoms with Crippen molar-refractivity contribution in [1.29, 1.82) is 0 Å². The highest BCUT2D eigenvalue weighted by atomic mass is 32.2. The van der Waals surface area contributed by atoms with Crippen LogP contribution in [0, 0.1) is 5.92 Å². The largest absolute Gasteiger partial charge is 0.349 e. The number of sulfonamides is 1. The number of nitrogens with one attached hydrogen (secondary N) is 1. The number of nitrogens with zero attached hydrogens (tertiary/aromatic N) is 1. The third-order valence-electron chi connectivity index (χ3n) is 5.87. The Balaban J connectivity index is 1.60. The molecule has 0 aromatic heterocycles. The van der Waals surface area contributed by atoms with Crippen LogP contribution < -0.4 is 5.32 Å². The van der Waals surface area contributed by atoms with E-state index in [-0.39, 0.29) is 46.5 Å². The Morgan fingerprint density at radius 3 is 2.12 bits per heavy atom. The first-order valence-corrected chi connectivity index (χ1v) is 13.9. The van der Waals surface area contributed by atoms with E-state index in [1.54, 1.807) is 24.3 Å². The Labute approximate surface area is 195 Å². The van der Waals surface area contributed by atoms with E-state index in [9.17, 15) is 26.4 Å². The monoisotopic (exact) mass is 492 g/mol. The molecule has 1 N–H and O–H groups in total. The maximum Gasteiger partial charge on any atom is 0.243 e. The van der Waals surface area contributed by atoms with E-state index in [1.165, 1.54) is 35.5 Å². The second kappa shape index (κ2) is 9.74. The molecule has 3 rings (SSSR count). The molecule has 8 nitrogen and oxygen atoms in total. The van der Waals surface area contributed by atoms with Crippen LogP contribution in [0.15, 0.2) is 58.3 Å². The average molecular weight is 493 g/mol. The summed E-state index contributed by atoms with van der Waals surface area (Å²) >= 11 is 0. The predicted octanol–water partition coefficient (Wildman–Crippen LogP) is 2.57. The molecule has 1 amide bonds. The van der Waals surface area contributed by atoms with E-state index in [0.717, 1.165) is 11.8 Å². The molecule has 1 atom stereocenters. The van der Waals surface area contributed by atoms with E-state index >= 15 is 0 Å². The zero-order chi connectivity index (χ0) is 24.4. The van der Waals surface area contributed by atoms with E-state index in [0.29, 0.717) is 18.4 Å². The molecule has 1 aliphatic heterocycles. The van der Waals surface area contributed by atoms with Crippen molar-refractivity contribution in [3.63, 3.8) is 0 Å². The number of ketones is 1. The third-order valence-corrected chi connectivity index (χ3v) is 8.89. The highest BCUT2D eigenvalue weighted by Gasteiger charge is 2.32. The molecular formula is C23H28N2O6S2. The van der Waals surface area contributed by atoms with Crippen molar-refractivity contribution in [2.45, 2.75) is 42.5 Å². The number of piperidine rings is 1. The molecule has 0 saturated carbocycles. The van der Waals surface area contributed by atoms with E-state index < -0.39 is 19.9 Å². The van der Waals surface area contributed by atoms with E-state index in [2.05, 4.69) is 5.32 Å². The Hall–Kier alpha value is -2.56. The van der Waals surface area contributed by atoms with Gasteiger partial charge in [0.1, 0.15) is 0 Å². The minimum absolute atomic E-state index is 0.0734. The summed E-state index contributed by atoms with van der Waals surface area (Å²) in [6, 6.07) is 12.0. The summed E-state index contributed by atoms with van der Waals surface area (Å²) in [4.78, 5) is 24.6. The molecule has 1 fully saturated rings. The van der Waals surface area contributed by atoms with Gasteiger partial charge in [0.2, 0.25) is 15.9 Å². The first-order chi connectivity index (χ1) is 15.4. The number of hydrogen-bond donors (Lipinski definition) is 1. The molecule has 1 saturated heterocycles. The van der Waals surface area contributed by atoms with Crippen LogP contribution in [-0.2, 0) is 24.7 Å². The van der Waals surface area contributed by atoms with E-state index in [1.807, 2.05) is 6.92 Å². The zero-order valence-corrected chi connectivity index (χ0v) is 20.4. The standard InChI is InChI=1S/C23H28N2O6S2/c1-16(18-7-9-21(10-8-18)32(3,28)29)24-23(27)19-11-13-25(14-12-19)33(30,31)22-6-4-5-20(15-22)17(2)26/h4-10,15-16,19H,11-14H2,1-3H3,(H,24,27)/t16-/m1/s1. The fourth-order valence-corrected chi connectivity index (χ4v) is 5.95. The normalized spacial score (nSPS) is 16.8. The predicted molar refractivity (Wildman–Crippen MR) is 124 cm³/mol. The Bertz CT molecular complexity index is 1250. The number of carbonyl (C=O) groups excluding carboxylic acids is 2. The van der Waals surface area contributed by atoms with Gasteiger partial charge in [-0.15, -0.1) is 0 Å². The van der Waals surface area contributed by atoms with Crippen LogP contribution >= 0.6 is 0 Å². The topological polar surface area (TPSA) is 118 Å². The zero-order valence-electron chi connectivity index (χ0n) is 18.8. The molecule has 10 heteroatoms. The lowest BCUT2D eigenvalue weighted by Gasteiger charge is -2.31. The van der Waals surface area contributed by atoms with Gasteiger partial charge >= 0.3 is 0 Å². The molecule has 2 aromatic carbocycles. The van der Waals surface area contributed by atoms with Crippen LogP contribution in [0.4, 0.5) is 0 Å². The van der Waals surface area contributed by atoms with Crippen molar-refractivity contribution in [3.8, 4) is 0 Å². The molecule has 0 unspecified atom stereocenters. The maximum absolute atomic E-state index is 13.0. The number of rotatable bonds is 7. The number of amides is 1. The molecule has 0 radical (unpaired) electrons. The van der Waals surface area contributed by atoms with Gasteiger partial charge in [-0.25, -0.2) is 16.8 Å². The van der Waals surface area contributed by atoms with Gasteiger partial charge in [-0.1, -0.05) is 24.3 Å². The van der Waals surface area contributed by atoms with Gasteiger partial charge in [-0.3, -0.25) is 9.59 Å². The molecule has 2 aromatic rings. The van der Waals surface area contributed by atoms with Crippen molar-refractivity contribution in [3.05, 3.63) is 59.7 Å². The lowest BCUT2D eigenvalue weighted by atomic mass is 9.96. The van der Waals surface area contributed by atoms with Crippen LogP contribution in [-0.4, -0.2) is 52.2 Å². The van der Waals surface area contributed by atoms with Crippen molar-refractivity contribution < 1.29 is 26.4 Å². The van der Waals surface area contributed by atoms with Crippen LogP contribution in [0.2, 0.25) is 0 Å². The third kappa shape index (κ3) is 5.87. The van der Waals surface area contributed by atoms with E-state index in [4.69, 9.17) is 0 Å². The summed E-state index contributed by atoms with van der Waals surface area (Å²) in [5.41, 5.74) is 1.12. The molecule has 178 valence electrons. The number of hydrogen-bond acceptors (Lipinski definition) is 6. The SMILES string of the molecule is CC(=O)c1cccc(S(=O)(=O)N2CCC(C(=O)N[C@H](C)c3ccc(S(C)(=O)=O)cc3)CC2)c1. The fraction of sp³-hybridized carbons (Fsp3) is 0.391. The molecule has 0 bridgehead atoms. The summed E-state index contributed by atoms with van der Waals surface area (Å²) in [7, 11) is -7.04. The summed E-state index contributed by atoms with van der Waals surface area (Å²) in [5, 5.41) is 2.94. The first kappa shape index (κ1) is 25.1. The number of Topliss-reactive ketones (excluding diaryl/α,β-unsaturated/α-hetero) is 1. The molecular weight excluding hydrogens is 464 g/mol. The molecule has 0 aliphatic carbocycles. The summed E-state index contributed by atoms with van der Waals surface area (Å²) in [6.45, 7) is 3.62. The highest BCUT2D eigenvalue weighted by Crippen LogP contribution is 2.25. The van der Waals surface area contributed by atoms with Crippen LogP contribution in [0.3, 0.4) is 0 Å². The van der Waals surface area contributed by atoms with Gasteiger partial charge in [0.15, 0.2) is 15.6 Å². The van der Waals surface area contributed by atoms with Crippen molar-refractivity contribution in [2.75, 3.05) is 19.3 Å². The smallest absolute Gasteiger partial charge is 0.243 e. The van der Waals surface area contributed by atoms with Crippen LogP contribution in [0.5, 0.6) is 0 Å². The number of sulfone groups is 1. The molecule has 0 spiro atoms. The molecule has 1 aliphatic rings. The lowest BCUT2D eigenvalue weighted by molar-refractivity contribution is -0.126. The minimum Gasteiger partial charge on any atom is -0.349 e.